The minimum atomic E-state index is -0.483. The van der Waals surface area contributed by atoms with Crippen LogP contribution in [0.3, 0.4) is 0 Å². The molecule has 0 atom stereocenters. The van der Waals surface area contributed by atoms with Crippen molar-refractivity contribution in [3.8, 4) is 11.8 Å². The molecule has 0 aromatic heterocycles. The molecule has 0 aliphatic heterocycles. The molecular formula is C12H13NO3. The molecule has 1 rings (SSSR count). The maximum atomic E-state index is 11.3. The summed E-state index contributed by atoms with van der Waals surface area (Å²) in [5, 5.41) is 8.57. The third-order valence-electron chi connectivity index (χ3n) is 1.93. The number of methoxy groups -OCH3 is 1. The van der Waals surface area contributed by atoms with Gasteiger partial charge < -0.3 is 15.6 Å². The zero-order valence-electron chi connectivity index (χ0n) is 8.99. The van der Waals surface area contributed by atoms with Crippen LogP contribution < -0.4 is 5.73 Å². The number of aliphatic hydroxyl groups excluding tert-OH is 1. The van der Waals surface area contributed by atoms with Crippen molar-refractivity contribution in [2.24, 2.45) is 0 Å². The molecule has 84 valence electrons. The second-order valence-corrected chi connectivity index (χ2v) is 3.07. The van der Waals surface area contributed by atoms with E-state index in [4.69, 9.17) is 10.8 Å². The molecular weight excluding hydrogens is 206 g/mol. The third kappa shape index (κ3) is 3.01. The van der Waals surface area contributed by atoms with Crippen molar-refractivity contribution in [1.82, 2.24) is 0 Å². The molecule has 0 aliphatic carbocycles. The second kappa shape index (κ2) is 5.79. The number of hydrogen-bond donors (Lipinski definition) is 2. The van der Waals surface area contributed by atoms with Crippen molar-refractivity contribution in [3.05, 3.63) is 29.3 Å². The summed E-state index contributed by atoms with van der Waals surface area (Å²) in [6, 6.07) is 4.90. The van der Waals surface area contributed by atoms with E-state index in [-0.39, 0.29) is 6.61 Å². The maximum absolute atomic E-state index is 11.3. The van der Waals surface area contributed by atoms with Crippen LogP contribution in [0.2, 0.25) is 0 Å². The van der Waals surface area contributed by atoms with E-state index in [1.165, 1.54) is 7.11 Å². The van der Waals surface area contributed by atoms with Gasteiger partial charge in [0.05, 0.1) is 19.3 Å². The average Bonchev–Trinajstić information content (AvgIpc) is 2.30. The molecule has 0 amide bonds. The normalized spacial score (nSPS) is 9.12. The number of benzene rings is 1. The lowest BCUT2D eigenvalue weighted by molar-refractivity contribution is 0.0602. The zero-order chi connectivity index (χ0) is 12.0. The molecule has 3 N–H and O–H groups in total. The number of hydrogen-bond acceptors (Lipinski definition) is 4. The molecule has 0 saturated carbocycles. The summed E-state index contributed by atoms with van der Waals surface area (Å²) in [4.78, 5) is 11.3. The van der Waals surface area contributed by atoms with E-state index in [1.807, 2.05) is 0 Å². The highest BCUT2D eigenvalue weighted by atomic mass is 16.5. The van der Waals surface area contributed by atoms with Gasteiger partial charge in [-0.2, -0.15) is 0 Å². The largest absolute Gasteiger partial charge is 0.465 e. The van der Waals surface area contributed by atoms with Crippen molar-refractivity contribution < 1.29 is 14.6 Å². The Hall–Kier alpha value is -1.99. The van der Waals surface area contributed by atoms with Crippen LogP contribution in [0, 0.1) is 11.8 Å². The van der Waals surface area contributed by atoms with Gasteiger partial charge in [0.25, 0.3) is 0 Å². The predicted octanol–water partition coefficient (Wildman–Crippen LogP) is 0.789. The first-order chi connectivity index (χ1) is 7.69. The molecule has 0 fully saturated rings. The molecule has 0 bridgehead atoms. The standard InChI is InChI=1S/C12H13NO3/c1-16-12(15)10-8-9(4-2-3-7-14)5-6-11(10)13/h5-6,8,14H,3,7,13H2,1H3. The van der Waals surface area contributed by atoms with Crippen molar-refractivity contribution in [2.45, 2.75) is 6.42 Å². The fourth-order valence-corrected chi connectivity index (χ4v) is 1.14. The Labute approximate surface area is 94.0 Å². The van der Waals surface area contributed by atoms with Crippen molar-refractivity contribution in [2.75, 3.05) is 19.5 Å². The highest BCUT2D eigenvalue weighted by Gasteiger charge is 2.09. The summed E-state index contributed by atoms with van der Waals surface area (Å²) in [6.07, 6.45) is 0.401. The highest BCUT2D eigenvalue weighted by molar-refractivity contribution is 5.95. The van der Waals surface area contributed by atoms with Gasteiger partial charge in [-0.05, 0) is 18.2 Å². The Balaban J connectivity index is 2.99. The van der Waals surface area contributed by atoms with E-state index in [9.17, 15) is 4.79 Å². The van der Waals surface area contributed by atoms with Gasteiger partial charge in [-0.1, -0.05) is 11.8 Å². The Kier molecular flexibility index (Phi) is 4.37. The van der Waals surface area contributed by atoms with Crippen LogP contribution in [-0.4, -0.2) is 24.8 Å². The molecule has 0 unspecified atom stereocenters. The Morgan fingerprint density at radius 1 is 1.56 bits per heavy atom. The molecule has 0 radical (unpaired) electrons. The summed E-state index contributed by atoms with van der Waals surface area (Å²) in [7, 11) is 1.30. The lowest BCUT2D eigenvalue weighted by Crippen LogP contribution is -2.05. The molecule has 16 heavy (non-hydrogen) atoms. The van der Waals surface area contributed by atoms with Gasteiger partial charge in [0.15, 0.2) is 0 Å². The van der Waals surface area contributed by atoms with Crippen LogP contribution in [0.15, 0.2) is 18.2 Å². The fourth-order valence-electron chi connectivity index (χ4n) is 1.14. The Morgan fingerprint density at radius 3 is 2.94 bits per heavy atom. The van der Waals surface area contributed by atoms with Gasteiger partial charge in [-0.3, -0.25) is 0 Å². The van der Waals surface area contributed by atoms with Crippen molar-refractivity contribution in [3.63, 3.8) is 0 Å². The van der Waals surface area contributed by atoms with Gasteiger partial charge in [0, 0.05) is 17.7 Å². The zero-order valence-corrected chi connectivity index (χ0v) is 8.99. The number of carbonyl (C=O) groups excluding carboxylic acids is 1. The molecule has 0 aliphatic rings. The number of rotatable bonds is 2. The maximum Gasteiger partial charge on any atom is 0.339 e. The lowest BCUT2D eigenvalue weighted by Gasteiger charge is -2.03. The van der Waals surface area contributed by atoms with Crippen LogP contribution in [-0.2, 0) is 4.74 Å². The number of nitrogens with two attached hydrogens (primary N) is 1. The number of carbonyl (C=O) groups is 1. The van der Waals surface area contributed by atoms with Gasteiger partial charge in [0.2, 0.25) is 0 Å². The molecule has 1 aromatic rings. The van der Waals surface area contributed by atoms with E-state index in [0.717, 1.165) is 0 Å². The number of ether oxygens (including phenoxy) is 1. The number of esters is 1. The van der Waals surface area contributed by atoms with Crippen LogP contribution in [0.4, 0.5) is 5.69 Å². The van der Waals surface area contributed by atoms with Crippen molar-refractivity contribution in [1.29, 1.82) is 0 Å². The molecule has 4 heteroatoms. The Bertz CT molecular complexity index is 443. The summed E-state index contributed by atoms with van der Waals surface area (Å²) in [5.74, 6) is 5.10. The van der Waals surface area contributed by atoms with Gasteiger partial charge in [0.1, 0.15) is 0 Å². The summed E-state index contributed by atoms with van der Waals surface area (Å²) in [6.45, 7) is 0.0197. The van der Waals surface area contributed by atoms with Crippen LogP contribution in [0.25, 0.3) is 0 Å². The van der Waals surface area contributed by atoms with E-state index in [2.05, 4.69) is 16.6 Å². The van der Waals surface area contributed by atoms with Crippen LogP contribution in [0.1, 0.15) is 22.3 Å². The summed E-state index contributed by atoms with van der Waals surface area (Å²) >= 11 is 0. The topological polar surface area (TPSA) is 72.5 Å². The SMILES string of the molecule is COC(=O)c1cc(C#CCCO)ccc1N. The fraction of sp³-hybridized carbons (Fsp3) is 0.250. The van der Waals surface area contributed by atoms with E-state index in [0.29, 0.717) is 23.2 Å². The van der Waals surface area contributed by atoms with Gasteiger partial charge in [-0.15, -0.1) is 0 Å². The van der Waals surface area contributed by atoms with E-state index in [1.54, 1.807) is 18.2 Å². The minimum Gasteiger partial charge on any atom is -0.465 e. The van der Waals surface area contributed by atoms with Crippen LogP contribution in [0.5, 0.6) is 0 Å². The quantitative estimate of drug-likeness (QED) is 0.438. The lowest BCUT2D eigenvalue weighted by atomic mass is 10.1. The van der Waals surface area contributed by atoms with Gasteiger partial charge in [-0.25, -0.2) is 4.79 Å². The van der Waals surface area contributed by atoms with E-state index < -0.39 is 5.97 Å². The number of nitrogen functional groups attached to an aromatic ring is 1. The van der Waals surface area contributed by atoms with Crippen LogP contribution >= 0.6 is 0 Å². The van der Waals surface area contributed by atoms with Gasteiger partial charge >= 0.3 is 5.97 Å². The summed E-state index contributed by atoms with van der Waals surface area (Å²) in [5.41, 5.74) is 6.97. The third-order valence-corrected chi connectivity index (χ3v) is 1.93. The molecule has 4 nitrogen and oxygen atoms in total. The Morgan fingerprint density at radius 2 is 2.31 bits per heavy atom. The molecule has 0 saturated heterocycles. The number of aliphatic hydroxyl groups is 1. The molecule has 1 aromatic carbocycles. The first-order valence-corrected chi connectivity index (χ1v) is 4.76. The molecule has 0 heterocycles. The number of anilines is 1. The minimum absolute atomic E-state index is 0.0197. The molecule has 0 spiro atoms. The highest BCUT2D eigenvalue weighted by Crippen LogP contribution is 2.14. The second-order valence-electron chi connectivity index (χ2n) is 3.07. The van der Waals surface area contributed by atoms with Crippen molar-refractivity contribution >= 4 is 11.7 Å². The monoisotopic (exact) mass is 219 g/mol. The first-order valence-electron chi connectivity index (χ1n) is 4.76. The van der Waals surface area contributed by atoms with E-state index >= 15 is 0 Å². The summed E-state index contributed by atoms with van der Waals surface area (Å²) < 4.78 is 4.59. The smallest absolute Gasteiger partial charge is 0.339 e. The first kappa shape index (κ1) is 12.1. The predicted molar refractivity (Wildman–Crippen MR) is 60.8 cm³/mol. The average molecular weight is 219 g/mol.